The Hall–Kier alpha value is -4.78. The molecule has 1 atom stereocenters. The molecule has 0 fully saturated rings. The number of pyridine rings is 1. The van der Waals surface area contributed by atoms with E-state index in [9.17, 15) is 0 Å². The van der Waals surface area contributed by atoms with Crippen molar-refractivity contribution in [3.05, 3.63) is 108 Å². The van der Waals surface area contributed by atoms with Gasteiger partial charge in [0.1, 0.15) is 23.5 Å². The van der Waals surface area contributed by atoms with Crippen molar-refractivity contribution in [2.75, 3.05) is 7.11 Å². The number of nitrogens with zero attached hydrogens (tertiary/aromatic N) is 5. The minimum atomic E-state index is -0.164. The van der Waals surface area contributed by atoms with Crippen LogP contribution < -0.4 is 9.47 Å². The molecule has 7 heteroatoms. The van der Waals surface area contributed by atoms with Crippen LogP contribution in [0.5, 0.6) is 17.4 Å². The van der Waals surface area contributed by atoms with Crippen molar-refractivity contribution in [1.29, 1.82) is 0 Å². The van der Waals surface area contributed by atoms with Gasteiger partial charge in [0.25, 0.3) is 0 Å². The van der Waals surface area contributed by atoms with E-state index in [2.05, 4.69) is 51.5 Å². The molecule has 7 rings (SSSR count). The van der Waals surface area contributed by atoms with Gasteiger partial charge in [0.05, 0.1) is 12.7 Å². The fourth-order valence-electron chi connectivity index (χ4n) is 4.84. The molecule has 0 bridgehead atoms. The number of fused-ring (bicyclic) bond motifs is 6. The zero-order valence-corrected chi connectivity index (χ0v) is 18.8. The summed E-state index contributed by atoms with van der Waals surface area (Å²) in [5.74, 6) is 2.50. The van der Waals surface area contributed by atoms with Gasteiger partial charge in [-0.25, -0.2) is 14.5 Å². The van der Waals surface area contributed by atoms with E-state index in [4.69, 9.17) is 14.5 Å². The molecule has 0 spiro atoms. The molecular weight excluding hydrogens is 438 g/mol. The Bertz CT molecular complexity index is 1710. The van der Waals surface area contributed by atoms with Crippen LogP contribution in [-0.2, 0) is 0 Å². The van der Waals surface area contributed by atoms with Crippen LogP contribution in [-0.4, -0.2) is 31.7 Å². The summed E-state index contributed by atoms with van der Waals surface area (Å²) in [6.07, 6.45) is 3.38. The molecule has 3 aromatic carbocycles. The van der Waals surface area contributed by atoms with Gasteiger partial charge in [-0.05, 0) is 46.7 Å². The molecule has 0 aliphatic carbocycles. The fourth-order valence-corrected chi connectivity index (χ4v) is 4.84. The Kier molecular flexibility index (Phi) is 4.29. The lowest BCUT2D eigenvalue weighted by Crippen LogP contribution is -2.15. The first-order chi connectivity index (χ1) is 17.3. The Morgan fingerprint density at radius 2 is 1.71 bits per heavy atom. The van der Waals surface area contributed by atoms with Crippen LogP contribution >= 0.6 is 0 Å². The maximum atomic E-state index is 6.37. The smallest absolute Gasteiger partial charge is 0.228 e. The molecule has 168 valence electrons. The predicted molar refractivity (Wildman–Crippen MR) is 132 cm³/mol. The maximum Gasteiger partial charge on any atom is 0.228 e. The zero-order valence-electron chi connectivity index (χ0n) is 18.8. The molecule has 4 heterocycles. The second-order valence-corrected chi connectivity index (χ2v) is 8.39. The molecular formula is C28H19N5O2. The standard InChI is InChI=1S/C28H19N5O2/c1-34-19-12-9-18(10-13-19)23-24-20-7-3-2-6-17(20)11-14-22(24)35-28-25(23)27-31-26(32-33(27)16-30-28)21-8-4-5-15-29-21/h2-16,23H,1H3/t23-/m0/s1. The maximum absolute atomic E-state index is 6.37. The summed E-state index contributed by atoms with van der Waals surface area (Å²) in [5, 5.41) is 6.94. The third-order valence-corrected chi connectivity index (χ3v) is 6.44. The van der Waals surface area contributed by atoms with Crippen molar-refractivity contribution in [2.24, 2.45) is 0 Å². The monoisotopic (exact) mass is 457 g/mol. The van der Waals surface area contributed by atoms with E-state index >= 15 is 0 Å². The molecule has 0 N–H and O–H groups in total. The highest BCUT2D eigenvalue weighted by atomic mass is 16.5. The zero-order chi connectivity index (χ0) is 23.4. The Morgan fingerprint density at radius 1 is 0.857 bits per heavy atom. The summed E-state index contributed by atoms with van der Waals surface area (Å²) in [4.78, 5) is 14.0. The van der Waals surface area contributed by atoms with E-state index in [1.807, 2.05) is 42.5 Å². The van der Waals surface area contributed by atoms with Crippen LogP contribution in [0, 0.1) is 0 Å². The summed E-state index contributed by atoms with van der Waals surface area (Å²) >= 11 is 0. The Morgan fingerprint density at radius 3 is 2.54 bits per heavy atom. The first-order valence-corrected chi connectivity index (χ1v) is 11.3. The normalized spacial score (nSPS) is 14.4. The molecule has 1 aliphatic heterocycles. The first-order valence-electron chi connectivity index (χ1n) is 11.3. The van der Waals surface area contributed by atoms with Gasteiger partial charge in [-0.2, -0.15) is 0 Å². The van der Waals surface area contributed by atoms with E-state index in [0.717, 1.165) is 39.0 Å². The number of rotatable bonds is 3. The summed E-state index contributed by atoms with van der Waals surface area (Å²) in [5.41, 5.74) is 4.43. The second kappa shape index (κ2) is 7.63. The van der Waals surface area contributed by atoms with Crippen molar-refractivity contribution >= 4 is 16.4 Å². The highest BCUT2D eigenvalue weighted by molar-refractivity contribution is 5.91. The summed E-state index contributed by atoms with van der Waals surface area (Å²) in [6, 6.07) is 26.3. The lowest BCUT2D eigenvalue weighted by molar-refractivity contribution is 0.414. The molecule has 0 saturated heterocycles. The topological polar surface area (TPSA) is 74.4 Å². The second-order valence-electron chi connectivity index (χ2n) is 8.39. The molecule has 0 saturated carbocycles. The van der Waals surface area contributed by atoms with Gasteiger partial charge in [-0.1, -0.05) is 48.5 Å². The quantitative estimate of drug-likeness (QED) is 0.342. The molecule has 7 nitrogen and oxygen atoms in total. The number of aromatic nitrogens is 5. The van der Waals surface area contributed by atoms with Gasteiger partial charge in [-0.3, -0.25) is 4.98 Å². The lowest BCUT2D eigenvalue weighted by Gasteiger charge is -2.29. The van der Waals surface area contributed by atoms with Crippen LogP contribution in [0.25, 0.3) is 27.9 Å². The number of benzene rings is 3. The minimum Gasteiger partial charge on any atom is -0.497 e. The SMILES string of the molecule is COc1ccc([C@H]2c3c(ccc4ccccc34)Oc3ncn4nc(-c5ccccn5)nc4c32)cc1. The van der Waals surface area contributed by atoms with Crippen molar-refractivity contribution in [2.45, 2.75) is 5.92 Å². The summed E-state index contributed by atoms with van der Waals surface area (Å²) in [6.45, 7) is 0. The van der Waals surface area contributed by atoms with Gasteiger partial charge in [0, 0.05) is 17.7 Å². The van der Waals surface area contributed by atoms with Gasteiger partial charge in [0.2, 0.25) is 11.7 Å². The van der Waals surface area contributed by atoms with Crippen molar-refractivity contribution in [3.8, 4) is 28.9 Å². The summed E-state index contributed by atoms with van der Waals surface area (Å²) in [7, 11) is 1.67. The molecule has 0 unspecified atom stereocenters. The van der Waals surface area contributed by atoms with Crippen LogP contribution in [0.2, 0.25) is 0 Å². The number of hydrogen-bond donors (Lipinski definition) is 0. The third kappa shape index (κ3) is 3.05. The minimum absolute atomic E-state index is 0.164. The number of hydrogen-bond acceptors (Lipinski definition) is 6. The Labute approximate surface area is 200 Å². The Balaban J connectivity index is 1.53. The highest BCUT2D eigenvalue weighted by Crippen LogP contribution is 2.50. The number of ether oxygens (including phenoxy) is 2. The lowest BCUT2D eigenvalue weighted by atomic mass is 9.81. The molecule has 6 aromatic rings. The van der Waals surface area contributed by atoms with Gasteiger partial charge in [0.15, 0.2) is 5.65 Å². The van der Waals surface area contributed by atoms with Crippen LogP contribution in [0.4, 0.5) is 0 Å². The molecule has 0 amide bonds. The van der Waals surface area contributed by atoms with Crippen LogP contribution in [0.15, 0.2) is 91.4 Å². The van der Waals surface area contributed by atoms with E-state index in [-0.39, 0.29) is 5.92 Å². The van der Waals surface area contributed by atoms with E-state index < -0.39 is 0 Å². The summed E-state index contributed by atoms with van der Waals surface area (Å²) < 4.78 is 13.5. The molecule has 3 aromatic heterocycles. The number of methoxy groups -OCH3 is 1. The average molecular weight is 457 g/mol. The van der Waals surface area contributed by atoms with Crippen molar-refractivity contribution in [3.63, 3.8) is 0 Å². The van der Waals surface area contributed by atoms with Crippen LogP contribution in [0.1, 0.15) is 22.6 Å². The average Bonchev–Trinajstić information content (AvgIpc) is 3.37. The van der Waals surface area contributed by atoms with Gasteiger partial charge >= 0.3 is 0 Å². The molecule has 1 aliphatic rings. The van der Waals surface area contributed by atoms with Crippen molar-refractivity contribution in [1.82, 2.24) is 24.6 Å². The van der Waals surface area contributed by atoms with E-state index in [0.29, 0.717) is 23.0 Å². The van der Waals surface area contributed by atoms with E-state index in [1.54, 1.807) is 24.1 Å². The molecule has 0 radical (unpaired) electrons. The van der Waals surface area contributed by atoms with Crippen LogP contribution in [0.3, 0.4) is 0 Å². The molecule has 35 heavy (non-hydrogen) atoms. The largest absolute Gasteiger partial charge is 0.497 e. The first kappa shape index (κ1) is 19.7. The van der Waals surface area contributed by atoms with Gasteiger partial charge in [-0.15, -0.1) is 5.10 Å². The fraction of sp³-hybridized carbons (Fsp3) is 0.0714. The predicted octanol–water partition coefficient (Wildman–Crippen LogP) is 5.63. The van der Waals surface area contributed by atoms with E-state index in [1.165, 1.54) is 0 Å². The van der Waals surface area contributed by atoms with Crippen molar-refractivity contribution < 1.29 is 9.47 Å². The highest BCUT2D eigenvalue weighted by Gasteiger charge is 2.34. The third-order valence-electron chi connectivity index (χ3n) is 6.44. The van der Waals surface area contributed by atoms with Gasteiger partial charge < -0.3 is 9.47 Å².